The molecule has 108 valence electrons. The quantitative estimate of drug-likeness (QED) is 0.738. The van der Waals surface area contributed by atoms with Gasteiger partial charge in [0.25, 0.3) is 0 Å². The summed E-state index contributed by atoms with van der Waals surface area (Å²) in [6.45, 7) is 1.39. The number of hydrogen-bond acceptors (Lipinski definition) is 4. The van der Waals surface area contributed by atoms with E-state index in [1.165, 1.54) is 0 Å². The second kappa shape index (κ2) is 6.38. The van der Waals surface area contributed by atoms with Crippen LogP contribution in [0.1, 0.15) is 11.5 Å². The highest BCUT2D eigenvalue weighted by Gasteiger charge is 2.33. The van der Waals surface area contributed by atoms with Crippen LogP contribution < -0.4 is 10.2 Å². The molecule has 1 aromatic carbocycles. The summed E-state index contributed by atoms with van der Waals surface area (Å²) in [6.07, 6.45) is 0. The van der Waals surface area contributed by atoms with Crippen LogP contribution >= 0.6 is 0 Å². The number of hydrogen-bond donors (Lipinski definition) is 2. The number of carboxylic acids is 1. The zero-order valence-corrected chi connectivity index (χ0v) is 11.3. The third kappa shape index (κ3) is 3.08. The van der Waals surface area contributed by atoms with Crippen molar-refractivity contribution in [3.05, 3.63) is 29.8 Å². The molecule has 0 fully saturated rings. The molecule has 1 aromatic rings. The van der Waals surface area contributed by atoms with Gasteiger partial charge in [0.2, 0.25) is 5.91 Å². The van der Waals surface area contributed by atoms with Gasteiger partial charge >= 0.3 is 5.97 Å². The van der Waals surface area contributed by atoms with E-state index in [1.54, 1.807) is 18.1 Å². The molecule has 0 aromatic heterocycles. The zero-order valence-electron chi connectivity index (χ0n) is 11.3. The highest BCUT2D eigenvalue weighted by Crippen LogP contribution is 2.35. The van der Waals surface area contributed by atoms with Crippen molar-refractivity contribution < 1.29 is 19.4 Å². The molecule has 1 amide bonds. The van der Waals surface area contributed by atoms with Gasteiger partial charge in [-0.05, 0) is 11.6 Å². The SMILES string of the molecule is COCCNC(=O)CN1CC(C(=O)O)c2ccccc21. The number of carboxylic acid groups (broad SMARTS) is 1. The highest BCUT2D eigenvalue weighted by molar-refractivity contribution is 5.87. The maximum absolute atomic E-state index is 11.8. The van der Waals surface area contributed by atoms with E-state index in [-0.39, 0.29) is 12.5 Å². The van der Waals surface area contributed by atoms with E-state index in [2.05, 4.69) is 5.32 Å². The first-order valence-electron chi connectivity index (χ1n) is 6.45. The van der Waals surface area contributed by atoms with Crippen molar-refractivity contribution in [3.8, 4) is 0 Å². The number of rotatable bonds is 6. The molecule has 0 spiro atoms. The largest absolute Gasteiger partial charge is 0.481 e. The fourth-order valence-electron chi connectivity index (χ4n) is 2.37. The number of nitrogens with one attached hydrogen (secondary N) is 1. The first-order chi connectivity index (χ1) is 9.63. The number of nitrogens with zero attached hydrogens (tertiary/aromatic N) is 1. The fraction of sp³-hybridized carbons (Fsp3) is 0.429. The van der Waals surface area contributed by atoms with Crippen LogP contribution in [0.25, 0.3) is 0 Å². The van der Waals surface area contributed by atoms with E-state index in [1.807, 2.05) is 18.2 Å². The van der Waals surface area contributed by atoms with Gasteiger partial charge in [-0.25, -0.2) is 0 Å². The molecule has 1 atom stereocenters. The summed E-state index contributed by atoms with van der Waals surface area (Å²) >= 11 is 0. The molecule has 2 rings (SSSR count). The van der Waals surface area contributed by atoms with Crippen LogP contribution in [0.15, 0.2) is 24.3 Å². The molecular weight excluding hydrogens is 260 g/mol. The van der Waals surface area contributed by atoms with Gasteiger partial charge in [0.1, 0.15) is 5.92 Å². The lowest BCUT2D eigenvalue weighted by atomic mass is 10.0. The van der Waals surface area contributed by atoms with Crippen LogP contribution in [-0.4, -0.2) is 50.3 Å². The predicted molar refractivity (Wildman–Crippen MR) is 73.9 cm³/mol. The molecule has 0 saturated heterocycles. The smallest absolute Gasteiger partial charge is 0.312 e. The number of para-hydroxylation sites is 1. The Kier molecular flexibility index (Phi) is 4.57. The molecule has 1 aliphatic heterocycles. The van der Waals surface area contributed by atoms with E-state index in [9.17, 15) is 14.7 Å². The first-order valence-corrected chi connectivity index (χ1v) is 6.45. The Labute approximate surface area is 117 Å². The van der Waals surface area contributed by atoms with Gasteiger partial charge in [0.15, 0.2) is 0 Å². The van der Waals surface area contributed by atoms with Crippen molar-refractivity contribution in [1.29, 1.82) is 0 Å². The van der Waals surface area contributed by atoms with E-state index in [4.69, 9.17) is 4.74 Å². The Bertz CT molecular complexity index is 504. The van der Waals surface area contributed by atoms with Gasteiger partial charge in [-0.1, -0.05) is 18.2 Å². The Hall–Kier alpha value is -2.08. The van der Waals surface area contributed by atoms with Gasteiger partial charge in [-0.15, -0.1) is 0 Å². The summed E-state index contributed by atoms with van der Waals surface area (Å²) in [6, 6.07) is 7.31. The number of fused-ring (bicyclic) bond motifs is 1. The van der Waals surface area contributed by atoms with Crippen LogP contribution in [-0.2, 0) is 14.3 Å². The third-order valence-corrected chi connectivity index (χ3v) is 3.32. The van der Waals surface area contributed by atoms with Crippen LogP contribution in [0.3, 0.4) is 0 Å². The molecule has 2 N–H and O–H groups in total. The average Bonchev–Trinajstić information content (AvgIpc) is 2.78. The Balaban J connectivity index is 2.03. The summed E-state index contributed by atoms with van der Waals surface area (Å²) in [5, 5.41) is 12.0. The molecule has 0 aliphatic carbocycles. The van der Waals surface area contributed by atoms with Gasteiger partial charge in [-0.3, -0.25) is 9.59 Å². The van der Waals surface area contributed by atoms with Crippen molar-refractivity contribution in [2.75, 3.05) is 38.3 Å². The van der Waals surface area contributed by atoms with Crippen molar-refractivity contribution in [2.45, 2.75) is 5.92 Å². The number of anilines is 1. The molecule has 0 saturated carbocycles. The van der Waals surface area contributed by atoms with Crippen LogP contribution in [0, 0.1) is 0 Å². The second-order valence-corrected chi connectivity index (χ2v) is 4.67. The minimum Gasteiger partial charge on any atom is -0.481 e. The second-order valence-electron chi connectivity index (χ2n) is 4.67. The maximum Gasteiger partial charge on any atom is 0.312 e. The highest BCUT2D eigenvalue weighted by atomic mass is 16.5. The molecule has 0 bridgehead atoms. The zero-order chi connectivity index (χ0) is 14.5. The molecule has 1 heterocycles. The summed E-state index contributed by atoms with van der Waals surface area (Å²) in [4.78, 5) is 24.9. The monoisotopic (exact) mass is 278 g/mol. The van der Waals surface area contributed by atoms with Crippen LogP contribution in [0.5, 0.6) is 0 Å². The molecule has 6 heteroatoms. The number of methoxy groups -OCH3 is 1. The lowest BCUT2D eigenvalue weighted by Crippen LogP contribution is -2.38. The summed E-state index contributed by atoms with van der Waals surface area (Å²) < 4.78 is 4.86. The summed E-state index contributed by atoms with van der Waals surface area (Å²) in [5.74, 6) is -1.57. The lowest BCUT2D eigenvalue weighted by molar-refractivity contribution is -0.138. The topological polar surface area (TPSA) is 78.9 Å². The van der Waals surface area contributed by atoms with Gasteiger partial charge in [-0.2, -0.15) is 0 Å². The van der Waals surface area contributed by atoms with E-state index < -0.39 is 11.9 Å². The number of benzene rings is 1. The third-order valence-electron chi connectivity index (χ3n) is 3.32. The number of ether oxygens (including phenoxy) is 1. The predicted octanol–water partition coefficient (Wildman–Crippen LogP) is 0.437. The summed E-state index contributed by atoms with van der Waals surface area (Å²) in [7, 11) is 1.57. The molecular formula is C14H18N2O4. The fourth-order valence-corrected chi connectivity index (χ4v) is 2.37. The molecule has 1 unspecified atom stereocenters. The molecule has 20 heavy (non-hydrogen) atoms. The lowest BCUT2D eigenvalue weighted by Gasteiger charge is -2.18. The molecule has 0 radical (unpaired) electrons. The van der Waals surface area contributed by atoms with Crippen molar-refractivity contribution in [1.82, 2.24) is 5.32 Å². The molecule has 6 nitrogen and oxygen atoms in total. The van der Waals surface area contributed by atoms with E-state index in [0.717, 1.165) is 11.3 Å². The van der Waals surface area contributed by atoms with Gasteiger partial charge < -0.3 is 20.1 Å². The first kappa shape index (κ1) is 14.3. The Morgan fingerprint density at radius 2 is 2.20 bits per heavy atom. The van der Waals surface area contributed by atoms with Crippen molar-refractivity contribution >= 4 is 17.6 Å². The number of amides is 1. The van der Waals surface area contributed by atoms with Crippen LogP contribution in [0.4, 0.5) is 5.69 Å². The number of carbonyl (C=O) groups is 2. The van der Waals surface area contributed by atoms with Crippen molar-refractivity contribution in [2.24, 2.45) is 0 Å². The number of carbonyl (C=O) groups excluding carboxylic acids is 1. The Morgan fingerprint density at radius 1 is 1.45 bits per heavy atom. The number of aliphatic carboxylic acids is 1. The average molecular weight is 278 g/mol. The van der Waals surface area contributed by atoms with Crippen LogP contribution in [0.2, 0.25) is 0 Å². The minimum absolute atomic E-state index is 0.136. The summed E-state index contributed by atoms with van der Waals surface area (Å²) in [5.41, 5.74) is 1.59. The van der Waals surface area contributed by atoms with Crippen molar-refractivity contribution in [3.63, 3.8) is 0 Å². The van der Waals surface area contributed by atoms with Gasteiger partial charge in [0.05, 0.1) is 13.2 Å². The normalized spacial score (nSPS) is 16.9. The Morgan fingerprint density at radius 3 is 2.90 bits per heavy atom. The molecule has 1 aliphatic rings. The maximum atomic E-state index is 11.8. The standard InChI is InChI=1S/C14H18N2O4/c1-20-7-6-15-13(17)9-16-8-11(14(18)19)10-4-2-3-5-12(10)16/h2-5,11H,6-9H2,1H3,(H,15,17)(H,18,19). The van der Waals surface area contributed by atoms with E-state index in [0.29, 0.717) is 19.7 Å². The van der Waals surface area contributed by atoms with E-state index >= 15 is 0 Å². The van der Waals surface area contributed by atoms with Gasteiger partial charge in [0, 0.05) is 25.9 Å². The minimum atomic E-state index is -0.861.